The van der Waals surface area contributed by atoms with Crippen molar-refractivity contribution in [2.75, 3.05) is 5.32 Å². The Bertz CT molecular complexity index is 849. The van der Waals surface area contributed by atoms with Crippen LogP contribution in [0, 0.1) is 0 Å². The lowest BCUT2D eigenvalue weighted by Gasteiger charge is -2.12. The minimum atomic E-state index is -0.294. The third-order valence-electron chi connectivity index (χ3n) is 3.26. The molecule has 0 aliphatic heterocycles. The van der Waals surface area contributed by atoms with E-state index in [1.54, 1.807) is 10.9 Å². The fourth-order valence-electron chi connectivity index (χ4n) is 2.03. The van der Waals surface area contributed by atoms with Crippen molar-refractivity contribution in [3.8, 4) is 0 Å². The SMILES string of the molecule is CC(Sc1ncnc2c1cnn2C)C(=O)Nc1ccc(Br)cc1. The van der Waals surface area contributed by atoms with E-state index in [2.05, 4.69) is 36.3 Å². The molecule has 3 aromatic rings. The van der Waals surface area contributed by atoms with Crippen molar-refractivity contribution in [3.63, 3.8) is 0 Å². The van der Waals surface area contributed by atoms with Gasteiger partial charge in [-0.2, -0.15) is 5.10 Å². The average molecular weight is 392 g/mol. The van der Waals surface area contributed by atoms with Crippen LogP contribution >= 0.6 is 27.7 Å². The third kappa shape index (κ3) is 3.53. The summed E-state index contributed by atoms with van der Waals surface area (Å²) >= 11 is 4.76. The van der Waals surface area contributed by atoms with Gasteiger partial charge in [0, 0.05) is 17.2 Å². The molecule has 1 unspecified atom stereocenters. The minimum Gasteiger partial charge on any atom is -0.325 e. The fraction of sp³-hybridized carbons (Fsp3) is 0.200. The maximum Gasteiger partial charge on any atom is 0.237 e. The van der Waals surface area contributed by atoms with Crippen molar-refractivity contribution in [3.05, 3.63) is 41.3 Å². The molecular formula is C15H14BrN5OS. The summed E-state index contributed by atoms with van der Waals surface area (Å²) in [5.41, 5.74) is 1.52. The zero-order valence-corrected chi connectivity index (χ0v) is 14.9. The van der Waals surface area contributed by atoms with E-state index in [-0.39, 0.29) is 11.2 Å². The van der Waals surface area contributed by atoms with Gasteiger partial charge < -0.3 is 5.32 Å². The number of benzene rings is 1. The lowest BCUT2D eigenvalue weighted by atomic mass is 10.3. The van der Waals surface area contributed by atoms with Gasteiger partial charge in [0.15, 0.2) is 5.65 Å². The van der Waals surface area contributed by atoms with Crippen molar-refractivity contribution in [1.29, 1.82) is 0 Å². The molecule has 0 aliphatic rings. The van der Waals surface area contributed by atoms with Crippen molar-refractivity contribution < 1.29 is 4.79 Å². The molecule has 0 saturated heterocycles. The highest BCUT2D eigenvalue weighted by atomic mass is 79.9. The summed E-state index contributed by atoms with van der Waals surface area (Å²) < 4.78 is 2.66. The van der Waals surface area contributed by atoms with Crippen LogP contribution < -0.4 is 5.32 Å². The van der Waals surface area contributed by atoms with Crippen molar-refractivity contribution >= 4 is 50.3 Å². The molecule has 0 radical (unpaired) electrons. The van der Waals surface area contributed by atoms with Crippen LogP contribution in [0.3, 0.4) is 0 Å². The second-order valence-electron chi connectivity index (χ2n) is 4.94. The summed E-state index contributed by atoms with van der Waals surface area (Å²) in [4.78, 5) is 20.8. The number of halogens is 1. The van der Waals surface area contributed by atoms with Gasteiger partial charge in [0.2, 0.25) is 5.91 Å². The van der Waals surface area contributed by atoms with Crippen molar-refractivity contribution in [2.24, 2.45) is 7.05 Å². The molecule has 0 fully saturated rings. The van der Waals surface area contributed by atoms with Crippen LogP contribution in [0.2, 0.25) is 0 Å². The highest BCUT2D eigenvalue weighted by molar-refractivity contribution is 9.10. The number of carbonyl (C=O) groups excluding carboxylic acids is 1. The number of fused-ring (bicyclic) bond motifs is 1. The smallest absolute Gasteiger partial charge is 0.237 e. The molecule has 0 saturated carbocycles. The maximum absolute atomic E-state index is 12.3. The first-order valence-electron chi connectivity index (χ1n) is 6.90. The third-order valence-corrected chi connectivity index (χ3v) is 4.91. The fourth-order valence-corrected chi connectivity index (χ4v) is 3.18. The lowest BCUT2D eigenvalue weighted by Crippen LogP contribution is -2.22. The highest BCUT2D eigenvalue weighted by Crippen LogP contribution is 2.28. The molecule has 2 heterocycles. The number of nitrogens with one attached hydrogen (secondary N) is 1. The maximum atomic E-state index is 12.3. The molecule has 1 N–H and O–H groups in total. The number of aryl methyl sites for hydroxylation is 1. The Hall–Kier alpha value is -1.93. The van der Waals surface area contributed by atoms with Crippen LogP contribution in [-0.4, -0.2) is 30.9 Å². The molecule has 1 aromatic carbocycles. The van der Waals surface area contributed by atoms with E-state index in [4.69, 9.17) is 0 Å². The van der Waals surface area contributed by atoms with Gasteiger partial charge in [-0.05, 0) is 31.2 Å². The van der Waals surface area contributed by atoms with Crippen LogP contribution in [-0.2, 0) is 11.8 Å². The normalized spacial score (nSPS) is 12.3. The molecule has 6 nitrogen and oxygen atoms in total. The minimum absolute atomic E-state index is 0.0759. The summed E-state index contributed by atoms with van der Waals surface area (Å²) in [5, 5.41) is 8.39. The second kappa shape index (κ2) is 6.67. The molecule has 1 atom stereocenters. The van der Waals surface area contributed by atoms with E-state index in [0.717, 1.165) is 26.2 Å². The standard InChI is InChI=1S/C15H14BrN5OS/c1-9(14(22)20-11-5-3-10(16)4-6-11)23-15-12-7-19-21(2)13(12)17-8-18-15/h3-9H,1-2H3,(H,20,22). The van der Waals surface area contributed by atoms with Crippen LogP contribution in [0.5, 0.6) is 0 Å². The van der Waals surface area contributed by atoms with E-state index >= 15 is 0 Å². The Balaban J connectivity index is 1.73. The first kappa shape index (κ1) is 15.9. The molecule has 118 valence electrons. The lowest BCUT2D eigenvalue weighted by molar-refractivity contribution is -0.115. The van der Waals surface area contributed by atoms with E-state index in [0.29, 0.717) is 0 Å². The molecule has 0 spiro atoms. The van der Waals surface area contributed by atoms with Crippen LogP contribution in [0.4, 0.5) is 5.69 Å². The molecule has 2 aromatic heterocycles. The molecule has 1 amide bonds. The summed E-state index contributed by atoms with van der Waals surface area (Å²) in [5.74, 6) is -0.0759. The predicted molar refractivity (Wildman–Crippen MR) is 94.4 cm³/mol. The van der Waals surface area contributed by atoms with Gasteiger partial charge in [0.1, 0.15) is 11.4 Å². The molecule has 23 heavy (non-hydrogen) atoms. The topological polar surface area (TPSA) is 72.7 Å². The van der Waals surface area contributed by atoms with Crippen molar-refractivity contribution in [1.82, 2.24) is 19.7 Å². The van der Waals surface area contributed by atoms with Crippen LogP contribution in [0.25, 0.3) is 11.0 Å². The molecule has 0 aliphatic carbocycles. The number of aromatic nitrogens is 4. The van der Waals surface area contributed by atoms with Gasteiger partial charge >= 0.3 is 0 Å². The Labute approximate surface area is 145 Å². The van der Waals surface area contributed by atoms with Crippen molar-refractivity contribution in [2.45, 2.75) is 17.2 Å². The number of nitrogens with zero attached hydrogens (tertiary/aromatic N) is 4. The number of anilines is 1. The van der Waals surface area contributed by atoms with E-state index < -0.39 is 0 Å². The Morgan fingerprint density at radius 3 is 2.78 bits per heavy atom. The number of rotatable bonds is 4. The summed E-state index contributed by atoms with van der Waals surface area (Å²) in [6.45, 7) is 1.85. The number of thioether (sulfide) groups is 1. The summed E-state index contributed by atoms with van der Waals surface area (Å²) in [6, 6.07) is 7.47. The summed E-state index contributed by atoms with van der Waals surface area (Å²) in [6.07, 6.45) is 3.21. The van der Waals surface area contributed by atoms with Crippen LogP contribution in [0.1, 0.15) is 6.92 Å². The van der Waals surface area contributed by atoms with E-state index in [9.17, 15) is 4.79 Å². The van der Waals surface area contributed by atoms with Gasteiger partial charge in [-0.3, -0.25) is 9.48 Å². The zero-order valence-electron chi connectivity index (χ0n) is 12.5. The Morgan fingerprint density at radius 2 is 2.04 bits per heavy atom. The van der Waals surface area contributed by atoms with Gasteiger partial charge in [0.25, 0.3) is 0 Å². The van der Waals surface area contributed by atoms with E-state index in [1.165, 1.54) is 18.1 Å². The quantitative estimate of drug-likeness (QED) is 0.545. The number of amides is 1. The molecule has 3 rings (SSSR count). The van der Waals surface area contributed by atoms with Gasteiger partial charge in [-0.25, -0.2) is 9.97 Å². The molecule has 0 bridgehead atoms. The van der Waals surface area contributed by atoms with E-state index in [1.807, 2.05) is 38.2 Å². The van der Waals surface area contributed by atoms with Gasteiger partial charge in [0.05, 0.1) is 16.8 Å². The van der Waals surface area contributed by atoms with Crippen LogP contribution in [0.15, 0.2) is 46.3 Å². The first-order chi connectivity index (χ1) is 11.0. The molecular weight excluding hydrogens is 378 g/mol. The number of hydrogen-bond acceptors (Lipinski definition) is 5. The van der Waals surface area contributed by atoms with Gasteiger partial charge in [-0.15, -0.1) is 0 Å². The van der Waals surface area contributed by atoms with Gasteiger partial charge in [-0.1, -0.05) is 27.7 Å². The zero-order chi connectivity index (χ0) is 16.4. The first-order valence-corrected chi connectivity index (χ1v) is 8.57. The largest absolute Gasteiger partial charge is 0.325 e. The molecule has 8 heteroatoms. The summed E-state index contributed by atoms with van der Waals surface area (Å²) in [7, 11) is 1.83. The highest BCUT2D eigenvalue weighted by Gasteiger charge is 2.18. The second-order valence-corrected chi connectivity index (χ2v) is 7.19. The Kier molecular flexibility index (Phi) is 4.63. The monoisotopic (exact) mass is 391 g/mol. The number of carbonyl (C=O) groups is 1. The average Bonchev–Trinajstić information content (AvgIpc) is 2.92. The Morgan fingerprint density at radius 1 is 1.30 bits per heavy atom. The predicted octanol–water partition coefficient (Wildman–Crippen LogP) is 3.25. The number of hydrogen-bond donors (Lipinski definition) is 1.